The van der Waals surface area contributed by atoms with Crippen molar-refractivity contribution in [3.05, 3.63) is 31.5 Å². The normalized spacial score (nSPS) is 7.92. The van der Waals surface area contributed by atoms with Crippen molar-refractivity contribution in [1.82, 2.24) is 9.97 Å². The quantitative estimate of drug-likeness (QED) is 0.641. The molecule has 0 saturated carbocycles. The second-order valence-corrected chi connectivity index (χ2v) is 1.28. The summed E-state index contributed by atoms with van der Waals surface area (Å²) >= 11 is 0. The average molecular weight is 206 g/mol. The van der Waals surface area contributed by atoms with E-state index in [2.05, 4.69) is 21.2 Å². The molecule has 0 bridgehead atoms. The SMILES string of the molecule is C.C.CN=c1c[c-]nc[nH]1.[CH3-].[V+2]. The second-order valence-electron chi connectivity index (χ2n) is 1.28. The summed E-state index contributed by atoms with van der Waals surface area (Å²) in [4.78, 5) is 10.3. The molecule has 0 aliphatic rings. The fourth-order valence-corrected chi connectivity index (χ4v) is 0.405. The molecule has 0 spiro atoms. The van der Waals surface area contributed by atoms with E-state index in [4.69, 9.17) is 0 Å². The average Bonchev–Trinajstić information content (AvgIpc) is 1.90. The van der Waals surface area contributed by atoms with Crippen LogP contribution in [0.1, 0.15) is 14.9 Å². The van der Waals surface area contributed by atoms with Crippen LogP contribution in [-0.4, -0.2) is 17.0 Å². The number of hydrogen-bond acceptors (Lipinski definition) is 2. The molecule has 0 amide bonds. The van der Waals surface area contributed by atoms with E-state index in [9.17, 15) is 0 Å². The first-order valence-electron chi connectivity index (χ1n) is 2.27. The van der Waals surface area contributed by atoms with Crippen LogP contribution in [0.25, 0.3) is 0 Å². The van der Waals surface area contributed by atoms with E-state index in [0.717, 1.165) is 5.49 Å². The molecule has 4 heteroatoms. The van der Waals surface area contributed by atoms with Crippen LogP contribution in [0.2, 0.25) is 0 Å². The van der Waals surface area contributed by atoms with Gasteiger partial charge in [-0.25, -0.2) is 0 Å². The van der Waals surface area contributed by atoms with Gasteiger partial charge in [0, 0.05) is 12.5 Å². The fourth-order valence-electron chi connectivity index (χ4n) is 0.405. The Balaban J connectivity index is -0.0000000800. The number of rotatable bonds is 0. The zero-order valence-electron chi connectivity index (χ0n) is 6.00. The molecule has 0 unspecified atom stereocenters. The third-order valence-corrected chi connectivity index (χ3v) is 0.794. The minimum atomic E-state index is 0. The van der Waals surface area contributed by atoms with Crippen molar-refractivity contribution in [2.75, 3.05) is 7.05 Å². The van der Waals surface area contributed by atoms with Gasteiger partial charge >= 0.3 is 18.6 Å². The molecule has 0 atom stereocenters. The Morgan fingerprint density at radius 1 is 1.50 bits per heavy atom. The van der Waals surface area contributed by atoms with Gasteiger partial charge in [0.15, 0.2) is 0 Å². The van der Waals surface area contributed by atoms with Gasteiger partial charge in [-0.1, -0.05) is 21.1 Å². The van der Waals surface area contributed by atoms with Crippen molar-refractivity contribution in [2.45, 2.75) is 14.9 Å². The smallest absolute Gasteiger partial charge is 0.437 e. The van der Waals surface area contributed by atoms with E-state index in [1.807, 2.05) is 0 Å². The van der Waals surface area contributed by atoms with Crippen LogP contribution < -0.4 is 5.49 Å². The Hall–Kier alpha value is -0.536. The molecule has 0 saturated heterocycles. The van der Waals surface area contributed by atoms with Gasteiger partial charge in [0.2, 0.25) is 0 Å². The van der Waals surface area contributed by atoms with Crippen molar-refractivity contribution >= 4 is 0 Å². The van der Waals surface area contributed by atoms with Crippen molar-refractivity contribution in [2.24, 2.45) is 4.99 Å². The molecular formula is C8H17N3V. The molecule has 0 aromatic carbocycles. The van der Waals surface area contributed by atoms with Crippen molar-refractivity contribution in [3.8, 4) is 0 Å². The molecule has 1 aromatic heterocycles. The number of hydrogen-bond donors (Lipinski definition) is 1. The molecule has 1 N–H and O–H groups in total. The zero-order chi connectivity index (χ0) is 5.82. The van der Waals surface area contributed by atoms with Crippen LogP contribution in [-0.2, 0) is 18.6 Å². The molecule has 1 heterocycles. The number of aromatic nitrogens is 2. The minimum absolute atomic E-state index is 0. The summed E-state index contributed by atoms with van der Waals surface area (Å²) in [6, 6.07) is 1.68. The van der Waals surface area contributed by atoms with Gasteiger partial charge in [0.05, 0.1) is 0 Å². The predicted molar refractivity (Wildman–Crippen MR) is 48.8 cm³/mol. The second kappa shape index (κ2) is 13.1. The summed E-state index contributed by atoms with van der Waals surface area (Å²) in [6.07, 6.45) is 4.18. The number of nitrogens with zero attached hydrogens (tertiary/aromatic N) is 2. The largest absolute Gasteiger partial charge is 2.00 e. The summed E-state index contributed by atoms with van der Waals surface area (Å²) in [5.74, 6) is 0. The van der Waals surface area contributed by atoms with E-state index in [1.165, 1.54) is 0 Å². The van der Waals surface area contributed by atoms with E-state index in [-0.39, 0.29) is 40.8 Å². The van der Waals surface area contributed by atoms with Crippen LogP contribution in [0.4, 0.5) is 0 Å². The van der Waals surface area contributed by atoms with Gasteiger partial charge in [-0.15, -0.1) is 6.07 Å². The topological polar surface area (TPSA) is 41.0 Å². The summed E-state index contributed by atoms with van der Waals surface area (Å²) in [5.41, 5.74) is 0.792. The van der Waals surface area contributed by atoms with Gasteiger partial charge in [0.1, 0.15) is 0 Å². The van der Waals surface area contributed by atoms with Gasteiger partial charge < -0.3 is 22.4 Å². The van der Waals surface area contributed by atoms with E-state index in [1.54, 1.807) is 19.4 Å². The Kier molecular flexibility index (Phi) is 24.6. The summed E-state index contributed by atoms with van der Waals surface area (Å²) in [6.45, 7) is 0. The molecule has 1 radical (unpaired) electrons. The van der Waals surface area contributed by atoms with Crippen LogP contribution >= 0.6 is 0 Å². The molecule has 1 rings (SSSR count). The van der Waals surface area contributed by atoms with Gasteiger partial charge in [0.25, 0.3) is 0 Å². The molecule has 1 aromatic rings. The maximum absolute atomic E-state index is 3.84. The van der Waals surface area contributed by atoms with E-state index < -0.39 is 0 Å². The monoisotopic (exact) mass is 206 g/mol. The van der Waals surface area contributed by atoms with Crippen LogP contribution in [0, 0.1) is 13.6 Å². The molecule has 69 valence electrons. The van der Waals surface area contributed by atoms with Crippen LogP contribution in [0.5, 0.6) is 0 Å². The maximum atomic E-state index is 3.84. The predicted octanol–water partition coefficient (Wildman–Crippen LogP) is 1.46. The fraction of sp³-hybridized carbons (Fsp3) is 0.375. The van der Waals surface area contributed by atoms with Gasteiger partial charge in [-0.3, -0.25) is 0 Å². The first-order valence-corrected chi connectivity index (χ1v) is 2.27. The number of nitrogens with one attached hydrogen (secondary N) is 1. The Morgan fingerprint density at radius 3 is 2.33 bits per heavy atom. The standard InChI is InChI=1S/C5H6N3.2CH4.CH3.V/c1-6-5-2-3-7-4-8-5;;;;/h2,4H,1H3,(H,6,7,8);2*1H4;1H3;/q-1;;;-1;+2. The van der Waals surface area contributed by atoms with Crippen molar-refractivity contribution < 1.29 is 18.6 Å². The van der Waals surface area contributed by atoms with Crippen molar-refractivity contribution in [1.29, 1.82) is 0 Å². The molecule has 0 aliphatic heterocycles. The Labute approximate surface area is 87.3 Å². The number of H-pyrrole nitrogens is 1. The third-order valence-electron chi connectivity index (χ3n) is 0.794. The van der Waals surface area contributed by atoms with E-state index >= 15 is 0 Å². The van der Waals surface area contributed by atoms with Crippen molar-refractivity contribution in [3.63, 3.8) is 0 Å². The van der Waals surface area contributed by atoms with Crippen LogP contribution in [0.3, 0.4) is 0 Å². The van der Waals surface area contributed by atoms with Crippen LogP contribution in [0.15, 0.2) is 17.4 Å². The maximum Gasteiger partial charge on any atom is 2.00 e. The Bertz CT molecular complexity index is 202. The first kappa shape index (κ1) is 22.5. The summed E-state index contributed by atoms with van der Waals surface area (Å²) in [5, 5.41) is 0. The van der Waals surface area contributed by atoms with Gasteiger partial charge in [-0.05, 0) is 6.33 Å². The molecule has 3 nitrogen and oxygen atoms in total. The van der Waals surface area contributed by atoms with Gasteiger partial charge in [-0.2, -0.15) is 0 Å². The summed E-state index contributed by atoms with van der Waals surface area (Å²) < 4.78 is 0. The minimum Gasteiger partial charge on any atom is -0.437 e. The summed E-state index contributed by atoms with van der Waals surface area (Å²) in [7, 11) is 1.71. The molecular weight excluding hydrogens is 189 g/mol. The first-order chi connectivity index (χ1) is 3.93. The molecule has 0 aliphatic carbocycles. The molecule has 12 heavy (non-hydrogen) atoms. The third kappa shape index (κ3) is 7.57. The van der Waals surface area contributed by atoms with E-state index in [0.29, 0.717) is 0 Å². The molecule has 0 fully saturated rings. The Morgan fingerprint density at radius 2 is 2.08 bits per heavy atom. The number of aromatic amines is 1. The zero-order valence-corrected chi connectivity index (χ0v) is 7.39.